The van der Waals surface area contributed by atoms with Crippen molar-refractivity contribution in [3.8, 4) is 11.1 Å². The molecular formula is C18H14ClN3O. The number of hydrogen-bond donors (Lipinski definition) is 2. The Morgan fingerprint density at radius 3 is 2.00 bits per heavy atom. The number of nitrogens with zero attached hydrogens (tertiary/aromatic N) is 1. The molecule has 0 fully saturated rings. The minimum atomic E-state index is -0.304. The Hall–Kier alpha value is -2.85. The number of nitrogens with one attached hydrogen (secondary N) is 2. The third-order valence-corrected chi connectivity index (χ3v) is 3.49. The number of urea groups is 1. The minimum absolute atomic E-state index is 0.304. The zero-order chi connectivity index (χ0) is 16.1. The summed E-state index contributed by atoms with van der Waals surface area (Å²) in [4.78, 5) is 16.1. The summed E-state index contributed by atoms with van der Waals surface area (Å²) >= 11 is 5.81. The van der Waals surface area contributed by atoms with Crippen LogP contribution in [0.2, 0.25) is 5.02 Å². The number of amides is 2. The van der Waals surface area contributed by atoms with Crippen molar-refractivity contribution >= 4 is 29.0 Å². The van der Waals surface area contributed by atoms with Crippen molar-refractivity contribution in [2.24, 2.45) is 0 Å². The predicted molar refractivity (Wildman–Crippen MR) is 93.8 cm³/mol. The van der Waals surface area contributed by atoms with Gasteiger partial charge in [0.05, 0.1) is 0 Å². The maximum Gasteiger partial charge on any atom is 0.323 e. The Morgan fingerprint density at radius 2 is 1.43 bits per heavy atom. The molecule has 4 nitrogen and oxygen atoms in total. The number of pyridine rings is 1. The van der Waals surface area contributed by atoms with Crippen molar-refractivity contribution in [1.82, 2.24) is 4.98 Å². The normalized spacial score (nSPS) is 10.1. The first-order valence-electron chi connectivity index (χ1n) is 7.05. The molecule has 3 aromatic rings. The molecular weight excluding hydrogens is 310 g/mol. The predicted octanol–water partition coefficient (Wildman–Crippen LogP) is 5.05. The van der Waals surface area contributed by atoms with Crippen LogP contribution in [0.3, 0.4) is 0 Å². The van der Waals surface area contributed by atoms with Gasteiger partial charge in [0.2, 0.25) is 0 Å². The molecule has 2 N–H and O–H groups in total. The number of halogens is 1. The van der Waals surface area contributed by atoms with Crippen LogP contribution in [0.4, 0.5) is 16.2 Å². The van der Waals surface area contributed by atoms with Gasteiger partial charge >= 0.3 is 6.03 Å². The van der Waals surface area contributed by atoms with Crippen LogP contribution in [-0.2, 0) is 0 Å². The average molecular weight is 324 g/mol. The third-order valence-electron chi connectivity index (χ3n) is 3.24. The maximum absolute atomic E-state index is 12.0. The molecule has 0 spiro atoms. The van der Waals surface area contributed by atoms with Gasteiger partial charge in [-0.1, -0.05) is 29.8 Å². The smallest absolute Gasteiger partial charge is 0.308 e. The summed E-state index contributed by atoms with van der Waals surface area (Å²) in [5.41, 5.74) is 3.47. The van der Waals surface area contributed by atoms with E-state index >= 15 is 0 Å². The highest BCUT2D eigenvalue weighted by atomic mass is 35.5. The lowest BCUT2D eigenvalue weighted by Crippen LogP contribution is -2.19. The van der Waals surface area contributed by atoms with E-state index < -0.39 is 0 Å². The van der Waals surface area contributed by atoms with E-state index in [-0.39, 0.29) is 6.03 Å². The first-order chi connectivity index (χ1) is 11.2. The lowest BCUT2D eigenvalue weighted by molar-refractivity contribution is 0.262. The van der Waals surface area contributed by atoms with E-state index in [4.69, 9.17) is 11.6 Å². The highest BCUT2D eigenvalue weighted by molar-refractivity contribution is 6.30. The zero-order valence-electron chi connectivity index (χ0n) is 12.2. The summed E-state index contributed by atoms with van der Waals surface area (Å²) in [6, 6.07) is 18.1. The molecule has 1 aromatic heterocycles. The lowest BCUT2D eigenvalue weighted by Gasteiger charge is -2.08. The Morgan fingerprint density at radius 1 is 0.826 bits per heavy atom. The summed E-state index contributed by atoms with van der Waals surface area (Å²) in [7, 11) is 0. The van der Waals surface area contributed by atoms with Gasteiger partial charge in [0, 0.05) is 28.8 Å². The monoisotopic (exact) mass is 323 g/mol. The molecule has 0 aliphatic heterocycles. The second-order valence-corrected chi connectivity index (χ2v) is 5.34. The summed E-state index contributed by atoms with van der Waals surface area (Å²) in [6.45, 7) is 0. The van der Waals surface area contributed by atoms with E-state index in [1.54, 1.807) is 36.7 Å². The molecule has 2 aromatic carbocycles. The molecule has 0 unspecified atom stereocenters. The van der Waals surface area contributed by atoms with Crippen LogP contribution in [-0.4, -0.2) is 11.0 Å². The highest BCUT2D eigenvalue weighted by Crippen LogP contribution is 2.20. The Balaban J connectivity index is 1.64. The summed E-state index contributed by atoms with van der Waals surface area (Å²) < 4.78 is 0. The highest BCUT2D eigenvalue weighted by Gasteiger charge is 2.03. The standard InChI is InChI=1S/C18H14ClN3O/c19-15-5-9-17(10-6-15)22-18(23)21-16-7-3-13(4-8-16)14-2-1-11-20-12-14/h1-12H,(H2,21,22,23). The fourth-order valence-electron chi connectivity index (χ4n) is 2.11. The van der Waals surface area contributed by atoms with Gasteiger partial charge in [-0.05, 0) is 53.6 Å². The second-order valence-electron chi connectivity index (χ2n) is 4.91. The van der Waals surface area contributed by atoms with Crippen molar-refractivity contribution in [3.63, 3.8) is 0 Å². The summed E-state index contributed by atoms with van der Waals surface area (Å²) in [5, 5.41) is 6.16. The fraction of sp³-hybridized carbons (Fsp3) is 0. The Bertz CT molecular complexity index is 787. The number of hydrogen-bond acceptors (Lipinski definition) is 2. The minimum Gasteiger partial charge on any atom is -0.308 e. The maximum atomic E-state index is 12.0. The number of benzene rings is 2. The number of aromatic nitrogens is 1. The quantitative estimate of drug-likeness (QED) is 0.709. The molecule has 0 radical (unpaired) electrons. The Labute approximate surface area is 139 Å². The van der Waals surface area contributed by atoms with Crippen LogP contribution in [0.1, 0.15) is 0 Å². The molecule has 0 saturated carbocycles. The average Bonchev–Trinajstić information content (AvgIpc) is 2.58. The summed E-state index contributed by atoms with van der Waals surface area (Å²) in [5.74, 6) is 0. The van der Waals surface area contributed by atoms with E-state index in [0.717, 1.165) is 11.1 Å². The van der Waals surface area contributed by atoms with E-state index in [0.29, 0.717) is 16.4 Å². The van der Waals surface area contributed by atoms with Crippen LogP contribution in [0, 0.1) is 0 Å². The number of rotatable bonds is 3. The van der Waals surface area contributed by atoms with Crippen LogP contribution in [0.5, 0.6) is 0 Å². The van der Waals surface area contributed by atoms with Gasteiger partial charge in [-0.25, -0.2) is 4.79 Å². The van der Waals surface area contributed by atoms with E-state index in [1.807, 2.05) is 36.4 Å². The van der Waals surface area contributed by atoms with Crippen LogP contribution in [0.15, 0.2) is 73.1 Å². The topological polar surface area (TPSA) is 54.0 Å². The van der Waals surface area contributed by atoms with Crippen LogP contribution < -0.4 is 10.6 Å². The zero-order valence-corrected chi connectivity index (χ0v) is 12.9. The third kappa shape index (κ3) is 4.08. The van der Waals surface area contributed by atoms with Gasteiger partial charge in [0.15, 0.2) is 0 Å². The SMILES string of the molecule is O=C(Nc1ccc(Cl)cc1)Nc1ccc(-c2cccnc2)cc1. The molecule has 0 bridgehead atoms. The fourth-order valence-corrected chi connectivity index (χ4v) is 2.23. The van der Waals surface area contributed by atoms with Crippen molar-refractivity contribution < 1.29 is 4.79 Å². The number of anilines is 2. The van der Waals surface area contributed by atoms with Gasteiger partial charge in [0.1, 0.15) is 0 Å². The summed E-state index contributed by atoms with van der Waals surface area (Å²) in [6.07, 6.45) is 3.54. The molecule has 0 aliphatic rings. The molecule has 2 amide bonds. The molecule has 1 heterocycles. The van der Waals surface area contributed by atoms with Crippen molar-refractivity contribution in [3.05, 3.63) is 78.1 Å². The molecule has 23 heavy (non-hydrogen) atoms. The first kappa shape index (κ1) is 15.1. The molecule has 0 atom stereocenters. The van der Waals surface area contributed by atoms with Gasteiger partial charge in [0.25, 0.3) is 0 Å². The van der Waals surface area contributed by atoms with Gasteiger partial charge in [-0.3, -0.25) is 4.98 Å². The lowest BCUT2D eigenvalue weighted by atomic mass is 10.1. The van der Waals surface area contributed by atoms with Gasteiger partial charge in [-0.2, -0.15) is 0 Å². The van der Waals surface area contributed by atoms with Crippen LogP contribution in [0.25, 0.3) is 11.1 Å². The molecule has 5 heteroatoms. The van der Waals surface area contributed by atoms with E-state index in [9.17, 15) is 4.79 Å². The van der Waals surface area contributed by atoms with E-state index in [2.05, 4.69) is 15.6 Å². The molecule has 0 saturated heterocycles. The molecule has 0 aliphatic carbocycles. The largest absolute Gasteiger partial charge is 0.323 e. The van der Waals surface area contributed by atoms with Gasteiger partial charge in [-0.15, -0.1) is 0 Å². The molecule has 114 valence electrons. The van der Waals surface area contributed by atoms with Crippen molar-refractivity contribution in [1.29, 1.82) is 0 Å². The number of carbonyl (C=O) groups excluding carboxylic acids is 1. The van der Waals surface area contributed by atoms with Crippen molar-refractivity contribution in [2.45, 2.75) is 0 Å². The van der Waals surface area contributed by atoms with Crippen LogP contribution >= 0.6 is 11.6 Å². The van der Waals surface area contributed by atoms with Crippen molar-refractivity contribution in [2.75, 3.05) is 10.6 Å². The number of carbonyl (C=O) groups is 1. The van der Waals surface area contributed by atoms with E-state index in [1.165, 1.54) is 0 Å². The first-order valence-corrected chi connectivity index (χ1v) is 7.42. The second kappa shape index (κ2) is 6.94. The van der Waals surface area contributed by atoms with Gasteiger partial charge < -0.3 is 10.6 Å². The Kier molecular flexibility index (Phi) is 4.54. The molecule has 3 rings (SSSR count).